The maximum Gasteiger partial charge on any atom is 0.329 e. The maximum atomic E-state index is 12.9. The predicted molar refractivity (Wildman–Crippen MR) is 101 cm³/mol. The Kier molecular flexibility index (Phi) is 8.12. The van der Waals surface area contributed by atoms with E-state index in [9.17, 15) is 9.59 Å². The zero-order valence-corrected chi connectivity index (χ0v) is 16.2. The zero-order valence-electron chi connectivity index (χ0n) is 14.5. The Labute approximate surface area is 152 Å². The van der Waals surface area contributed by atoms with Gasteiger partial charge in [-0.25, -0.2) is 4.79 Å². The van der Waals surface area contributed by atoms with Gasteiger partial charge in [-0.05, 0) is 24.3 Å². The lowest BCUT2D eigenvalue weighted by molar-refractivity contribution is -0.148. The van der Waals surface area contributed by atoms with Gasteiger partial charge in [-0.2, -0.15) is 0 Å². The number of hydrogen-bond acceptors (Lipinski definition) is 5. The van der Waals surface area contributed by atoms with Crippen LogP contribution in [0, 0.1) is 0 Å². The summed E-state index contributed by atoms with van der Waals surface area (Å²) in [5.41, 5.74) is 0. The second-order valence-electron chi connectivity index (χ2n) is 6.01. The van der Waals surface area contributed by atoms with Crippen LogP contribution in [0.4, 0.5) is 0 Å². The first kappa shape index (κ1) is 19.3. The second kappa shape index (κ2) is 10.1. The molecule has 2 atom stereocenters. The highest BCUT2D eigenvalue weighted by Crippen LogP contribution is 2.35. The van der Waals surface area contributed by atoms with E-state index in [2.05, 4.69) is 13.8 Å². The van der Waals surface area contributed by atoms with Gasteiger partial charge in [-0.15, -0.1) is 23.1 Å². The summed E-state index contributed by atoms with van der Waals surface area (Å²) in [4.78, 5) is 27.8. The highest BCUT2D eigenvalue weighted by atomic mass is 32.2. The fourth-order valence-corrected chi connectivity index (χ4v) is 4.85. The molecule has 134 valence electrons. The van der Waals surface area contributed by atoms with E-state index in [0.29, 0.717) is 17.2 Å². The Morgan fingerprint density at radius 1 is 1.25 bits per heavy atom. The van der Waals surface area contributed by atoms with E-state index in [0.717, 1.165) is 38.5 Å². The number of carbonyl (C=O) groups excluding carboxylic acids is 2. The highest BCUT2D eigenvalue weighted by Gasteiger charge is 2.42. The van der Waals surface area contributed by atoms with Gasteiger partial charge in [-0.3, -0.25) is 4.79 Å². The number of esters is 1. The molecule has 0 N–H and O–H groups in total. The largest absolute Gasteiger partial charge is 0.464 e. The Hall–Kier alpha value is -1.01. The minimum Gasteiger partial charge on any atom is -0.464 e. The van der Waals surface area contributed by atoms with Crippen LogP contribution in [0.3, 0.4) is 0 Å². The average Bonchev–Trinajstić information content (AvgIpc) is 3.24. The molecule has 0 spiro atoms. The summed E-state index contributed by atoms with van der Waals surface area (Å²) in [5, 5.41) is 1.98. The standard InChI is InChI=1S/C18H27NO3S2/c1-3-5-7-10-16-19(17(20)15-9-8-12-23-15)14(13-24-16)18(21)22-11-6-4-2/h8-9,12,14,16H,3-7,10-11,13H2,1-2H3. The average molecular weight is 370 g/mol. The van der Waals surface area contributed by atoms with E-state index in [-0.39, 0.29) is 17.3 Å². The van der Waals surface area contributed by atoms with Gasteiger partial charge in [-0.1, -0.05) is 45.6 Å². The first-order valence-electron chi connectivity index (χ1n) is 8.83. The Balaban J connectivity index is 2.07. The van der Waals surface area contributed by atoms with Crippen LogP contribution in [0.2, 0.25) is 0 Å². The lowest BCUT2D eigenvalue weighted by atomic mass is 10.1. The number of thioether (sulfide) groups is 1. The van der Waals surface area contributed by atoms with E-state index in [1.54, 1.807) is 16.7 Å². The molecule has 2 rings (SSSR count). The Bertz CT molecular complexity index is 518. The van der Waals surface area contributed by atoms with Crippen molar-refractivity contribution in [2.24, 2.45) is 0 Å². The van der Waals surface area contributed by atoms with E-state index in [1.807, 2.05) is 17.5 Å². The van der Waals surface area contributed by atoms with Crippen molar-refractivity contribution in [2.75, 3.05) is 12.4 Å². The third kappa shape index (κ3) is 4.99. The highest BCUT2D eigenvalue weighted by molar-refractivity contribution is 8.00. The molecule has 1 aliphatic heterocycles. The van der Waals surface area contributed by atoms with Crippen LogP contribution in [0.15, 0.2) is 17.5 Å². The van der Waals surface area contributed by atoms with Crippen LogP contribution in [0.25, 0.3) is 0 Å². The molecule has 24 heavy (non-hydrogen) atoms. The maximum absolute atomic E-state index is 12.9. The number of thiophene rings is 1. The lowest BCUT2D eigenvalue weighted by Crippen LogP contribution is -2.46. The molecule has 1 aromatic heterocycles. The molecule has 1 fully saturated rings. The second-order valence-corrected chi connectivity index (χ2v) is 8.17. The number of unbranched alkanes of at least 4 members (excludes halogenated alkanes) is 3. The van der Waals surface area contributed by atoms with Gasteiger partial charge >= 0.3 is 5.97 Å². The summed E-state index contributed by atoms with van der Waals surface area (Å²) in [5.74, 6) is 0.353. The molecule has 1 aromatic rings. The monoisotopic (exact) mass is 369 g/mol. The SMILES string of the molecule is CCCCCC1SCC(C(=O)OCCCC)N1C(=O)c1cccs1. The third-order valence-corrected chi connectivity index (χ3v) is 6.34. The molecule has 1 amide bonds. The number of carbonyl (C=O) groups is 2. The summed E-state index contributed by atoms with van der Waals surface area (Å²) in [6.07, 6.45) is 6.19. The minimum absolute atomic E-state index is 0.0334. The molecule has 0 bridgehead atoms. The number of amides is 1. The predicted octanol–water partition coefficient (Wildman–Crippen LogP) is 4.56. The molecule has 1 aliphatic rings. The smallest absolute Gasteiger partial charge is 0.329 e. The van der Waals surface area contributed by atoms with Crippen molar-refractivity contribution in [3.05, 3.63) is 22.4 Å². The van der Waals surface area contributed by atoms with E-state index in [1.165, 1.54) is 11.3 Å². The first-order valence-corrected chi connectivity index (χ1v) is 10.8. The van der Waals surface area contributed by atoms with Crippen molar-refractivity contribution in [1.82, 2.24) is 4.90 Å². The molecule has 6 heteroatoms. The minimum atomic E-state index is -0.451. The van der Waals surface area contributed by atoms with Crippen molar-refractivity contribution in [3.8, 4) is 0 Å². The molecule has 0 aromatic carbocycles. The van der Waals surface area contributed by atoms with Gasteiger partial charge < -0.3 is 9.64 Å². The van der Waals surface area contributed by atoms with Gasteiger partial charge in [0.2, 0.25) is 0 Å². The number of nitrogens with zero attached hydrogens (tertiary/aromatic N) is 1. The van der Waals surface area contributed by atoms with Crippen molar-refractivity contribution in [1.29, 1.82) is 0 Å². The topological polar surface area (TPSA) is 46.6 Å². The summed E-state index contributed by atoms with van der Waals surface area (Å²) in [7, 11) is 0. The third-order valence-electron chi connectivity index (χ3n) is 4.13. The van der Waals surface area contributed by atoms with Crippen LogP contribution in [0.5, 0.6) is 0 Å². The molecule has 4 nitrogen and oxygen atoms in total. The Morgan fingerprint density at radius 3 is 2.71 bits per heavy atom. The van der Waals surface area contributed by atoms with E-state index in [4.69, 9.17) is 4.74 Å². The van der Waals surface area contributed by atoms with Gasteiger partial charge in [0.1, 0.15) is 6.04 Å². The fourth-order valence-electron chi connectivity index (χ4n) is 2.75. The van der Waals surface area contributed by atoms with Gasteiger partial charge in [0.05, 0.1) is 16.9 Å². The fraction of sp³-hybridized carbons (Fsp3) is 0.667. The van der Waals surface area contributed by atoms with Crippen LogP contribution in [-0.2, 0) is 9.53 Å². The van der Waals surface area contributed by atoms with Crippen molar-refractivity contribution < 1.29 is 14.3 Å². The normalized spacial score (nSPS) is 20.3. The lowest BCUT2D eigenvalue weighted by Gasteiger charge is -2.28. The van der Waals surface area contributed by atoms with Crippen molar-refractivity contribution in [3.63, 3.8) is 0 Å². The summed E-state index contributed by atoms with van der Waals surface area (Å²) in [6.45, 7) is 4.68. The van der Waals surface area contributed by atoms with Crippen molar-refractivity contribution >= 4 is 35.0 Å². The number of hydrogen-bond donors (Lipinski definition) is 0. The number of rotatable bonds is 9. The molecule has 0 radical (unpaired) electrons. The van der Waals surface area contributed by atoms with E-state index < -0.39 is 6.04 Å². The molecule has 0 aliphatic carbocycles. The molecule has 1 saturated heterocycles. The summed E-state index contributed by atoms with van der Waals surface area (Å²) >= 11 is 3.14. The van der Waals surface area contributed by atoms with Gasteiger partial charge in [0, 0.05) is 5.75 Å². The summed E-state index contributed by atoms with van der Waals surface area (Å²) < 4.78 is 5.40. The molecular weight excluding hydrogens is 342 g/mol. The first-order chi connectivity index (χ1) is 11.7. The molecular formula is C18H27NO3S2. The molecule has 2 unspecified atom stereocenters. The number of ether oxygens (including phenoxy) is 1. The summed E-state index contributed by atoms with van der Waals surface area (Å²) in [6, 6.07) is 3.26. The molecule has 0 saturated carbocycles. The Morgan fingerprint density at radius 2 is 2.04 bits per heavy atom. The van der Waals surface area contributed by atoms with Crippen LogP contribution < -0.4 is 0 Å². The zero-order chi connectivity index (χ0) is 17.4. The van der Waals surface area contributed by atoms with Gasteiger partial charge in [0.25, 0.3) is 5.91 Å². The van der Waals surface area contributed by atoms with Crippen LogP contribution in [0.1, 0.15) is 62.0 Å². The van der Waals surface area contributed by atoms with Crippen molar-refractivity contribution in [2.45, 2.75) is 63.8 Å². The quantitative estimate of drug-likeness (QED) is 0.473. The molecule has 2 heterocycles. The van der Waals surface area contributed by atoms with E-state index >= 15 is 0 Å². The van der Waals surface area contributed by atoms with Gasteiger partial charge in [0.15, 0.2) is 0 Å². The van der Waals surface area contributed by atoms with Crippen LogP contribution >= 0.6 is 23.1 Å². The van der Waals surface area contributed by atoms with Crippen LogP contribution in [-0.4, -0.2) is 40.6 Å².